The van der Waals surface area contributed by atoms with E-state index in [1.54, 1.807) is 0 Å². The molecule has 0 aromatic rings. The predicted octanol–water partition coefficient (Wildman–Crippen LogP) is 1.73. The molecule has 3 heterocycles. The fourth-order valence-corrected chi connectivity index (χ4v) is 4.73. The third-order valence-electron chi connectivity index (χ3n) is 5.72. The van der Waals surface area contributed by atoms with E-state index in [1.165, 1.54) is 19.3 Å². The molecule has 3 rings (SSSR count). The third kappa shape index (κ3) is 2.60. The predicted molar refractivity (Wildman–Crippen MR) is 80.3 cm³/mol. The van der Waals surface area contributed by atoms with Gasteiger partial charge in [0.15, 0.2) is 0 Å². The number of hydrogen-bond donors (Lipinski definition) is 1. The van der Waals surface area contributed by atoms with Crippen LogP contribution in [0.3, 0.4) is 0 Å². The molecular weight excluding hydrogens is 250 g/mol. The standard InChI is InChI=1S/C16H29N3O/c1-11-4-3-5-12(2)19(11)16(20)10-18-14-6-7-15(18)9-13(17)8-14/h11-15H,3-10,17H2,1-2H3. The molecule has 3 aliphatic heterocycles. The minimum Gasteiger partial charge on any atom is -0.336 e. The molecule has 0 aromatic heterocycles. The van der Waals surface area contributed by atoms with Gasteiger partial charge in [-0.05, 0) is 58.8 Å². The third-order valence-corrected chi connectivity index (χ3v) is 5.72. The first-order valence-corrected chi connectivity index (χ1v) is 8.38. The van der Waals surface area contributed by atoms with Gasteiger partial charge < -0.3 is 10.6 Å². The summed E-state index contributed by atoms with van der Waals surface area (Å²) in [7, 11) is 0. The molecule has 0 aromatic carbocycles. The summed E-state index contributed by atoms with van der Waals surface area (Å²) in [4.78, 5) is 17.3. The number of carbonyl (C=O) groups is 1. The number of piperidine rings is 2. The van der Waals surface area contributed by atoms with Gasteiger partial charge in [-0.15, -0.1) is 0 Å². The average Bonchev–Trinajstić information content (AvgIpc) is 2.62. The Balaban J connectivity index is 1.64. The Labute approximate surface area is 122 Å². The van der Waals surface area contributed by atoms with Gasteiger partial charge in [-0.3, -0.25) is 9.69 Å². The van der Waals surface area contributed by atoms with Crippen molar-refractivity contribution >= 4 is 5.91 Å². The minimum absolute atomic E-state index is 0.345. The summed E-state index contributed by atoms with van der Waals surface area (Å²) >= 11 is 0. The van der Waals surface area contributed by atoms with E-state index in [0.717, 1.165) is 25.7 Å². The Morgan fingerprint density at radius 2 is 1.60 bits per heavy atom. The summed E-state index contributed by atoms with van der Waals surface area (Å²) in [6, 6.07) is 2.30. The van der Waals surface area contributed by atoms with Crippen molar-refractivity contribution in [3.05, 3.63) is 0 Å². The van der Waals surface area contributed by atoms with E-state index in [2.05, 4.69) is 23.6 Å². The van der Waals surface area contributed by atoms with E-state index >= 15 is 0 Å². The molecule has 4 heteroatoms. The molecule has 0 aliphatic carbocycles. The van der Waals surface area contributed by atoms with Gasteiger partial charge in [0.2, 0.25) is 5.91 Å². The number of hydrogen-bond acceptors (Lipinski definition) is 3. The molecular formula is C16H29N3O. The first kappa shape index (κ1) is 14.3. The van der Waals surface area contributed by atoms with Crippen molar-refractivity contribution in [1.82, 2.24) is 9.80 Å². The van der Waals surface area contributed by atoms with E-state index in [9.17, 15) is 4.79 Å². The van der Waals surface area contributed by atoms with Crippen molar-refractivity contribution in [2.45, 2.75) is 89.0 Å². The lowest BCUT2D eigenvalue weighted by Gasteiger charge is -2.42. The Kier molecular flexibility index (Phi) is 4.04. The number of rotatable bonds is 2. The van der Waals surface area contributed by atoms with Crippen LogP contribution in [-0.2, 0) is 4.79 Å². The molecule has 114 valence electrons. The summed E-state index contributed by atoms with van der Waals surface area (Å²) in [5, 5.41) is 0. The number of likely N-dealkylation sites (tertiary alicyclic amines) is 1. The molecule has 4 nitrogen and oxygen atoms in total. The highest BCUT2D eigenvalue weighted by Gasteiger charge is 2.41. The topological polar surface area (TPSA) is 49.6 Å². The lowest BCUT2D eigenvalue weighted by atomic mass is 9.96. The number of nitrogens with zero attached hydrogens (tertiary/aromatic N) is 2. The average molecular weight is 279 g/mol. The summed E-state index contributed by atoms with van der Waals surface area (Å²) in [6.07, 6.45) is 8.20. The Hall–Kier alpha value is -0.610. The summed E-state index contributed by atoms with van der Waals surface area (Å²) in [5.74, 6) is 0.345. The minimum atomic E-state index is 0.345. The molecule has 1 amide bonds. The first-order valence-electron chi connectivity index (χ1n) is 8.38. The molecule has 4 atom stereocenters. The van der Waals surface area contributed by atoms with Crippen LogP contribution in [0.4, 0.5) is 0 Å². The molecule has 3 fully saturated rings. The summed E-state index contributed by atoms with van der Waals surface area (Å²) in [6.45, 7) is 5.03. The second kappa shape index (κ2) is 5.64. The maximum atomic E-state index is 12.7. The normalized spacial score (nSPS) is 42.0. The van der Waals surface area contributed by atoms with Crippen LogP contribution in [0.2, 0.25) is 0 Å². The highest BCUT2D eigenvalue weighted by molar-refractivity contribution is 5.79. The van der Waals surface area contributed by atoms with Gasteiger partial charge in [-0.1, -0.05) is 0 Å². The van der Waals surface area contributed by atoms with Crippen LogP contribution in [0.5, 0.6) is 0 Å². The first-order chi connectivity index (χ1) is 9.56. The zero-order valence-corrected chi connectivity index (χ0v) is 12.9. The van der Waals surface area contributed by atoms with Crippen molar-refractivity contribution in [2.24, 2.45) is 5.73 Å². The molecule has 3 saturated heterocycles. The molecule has 3 aliphatic rings. The second-order valence-electron chi connectivity index (χ2n) is 7.22. The number of carbonyl (C=O) groups excluding carboxylic acids is 1. The Bertz CT molecular complexity index is 349. The van der Waals surface area contributed by atoms with E-state index in [0.29, 0.717) is 42.7 Å². The van der Waals surface area contributed by atoms with Crippen LogP contribution in [0.15, 0.2) is 0 Å². The van der Waals surface area contributed by atoms with E-state index in [-0.39, 0.29) is 0 Å². The summed E-state index contributed by atoms with van der Waals surface area (Å²) < 4.78 is 0. The van der Waals surface area contributed by atoms with E-state index in [4.69, 9.17) is 5.73 Å². The van der Waals surface area contributed by atoms with Gasteiger partial charge in [0.25, 0.3) is 0 Å². The van der Waals surface area contributed by atoms with Crippen LogP contribution >= 0.6 is 0 Å². The van der Waals surface area contributed by atoms with Crippen LogP contribution in [0.25, 0.3) is 0 Å². The lowest BCUT2D eigenvalue weighted by Crippen LogP contribution is -2.55. The van der Waals surface area contributed by atoms with Gasteiger partial charge in [0.1, 0.15) is 0 Å². The zero-order valence-electron chi connectivity index (χ0n) is 12.9. The Morgan fingerprint density at radius 1 is 1.05 bits per heavy atom. The number of fused-ring (bicyclic) bond motifs is 2. The maximum Gasteiger partial charge on any atom is 0.237 e. The molecule has 0 radical (unpaired) electrons. The van der Waals surface area contributed by atoms with Gasteiger partial charge >= 0.3 is 0 Å². The highest BCUT2D eigenvalue weighted by atomic mass is 16.2. The highest BCUT2D eigenvalue weighted by Crippen LogP contribution is 2.35. The van der Waals surface area contributed by atoms with Crippen LogP contribution in [-0.4, -0.2) is 52.5 Å². The lowest BCUT2D eigenvalue weighted by molar-refractivity contribution is -0.139. The molecule has 0 spiro atoms. The van der Waals surface area contributed by atoms with Crippen LogP contribution in [0.1, 0.15) is 58.8 Å². The van der Waals surface area contributed by atoms with Crippen LogP contribution in [0, 0.1) is 0 Å². The van der Waals surface area contributed by atoms with Crippen molar-refractivity contribution in [1.29, 1.82) is 0 Å². The SMILES string of the molecule is CC1CCCC(C)N1C(=O)CN1C2CCC1CC(N)C2. The molecule has 20 heavy (non-hydrogen) atoms. The van der Waals surface area contributed by atoms with E-state index in [1.807, 2.05) is 0 Å². The monoisotopic (exact) mass is 279 g/mol. The van der Waals surface area contributed by atoms with Crippen molar-refractivity contribution in [3.8, 4) is 0 Å². The smallest absolute Gasteiger partial charge is 0.237 e. The van der Waals surface area contributed by atoms with Gasteiger partial charge in [-0.25, -0.2) is 0 Å². The Morgan fingerprint density at radius 3 is 2.15 bits per heavy atom. The van der Waals surface area contributed by atoms with Crippen LogP contribution < -0.4 is 5.73 Å². The van der Waals surface area contributed by atoms with Crippen molar-refractivity contribution in [3.63, 3.8) is 0 Å². The largest absolute Gasteiger partial charge is 0.336 e. The van der Waals surface area contributed by atoms with Gasteiger partial charge in [-0.2, -0.15) is 0 Å². The molecule has 4 unspecified atom stereocenters. The molecule has 2 N–H and O–H groups in total. The molecule has 0 saturated carbocycles. The maximum absolute atomic E-state index is 12.7. The fourth-order valence-electron chi connectivity index (χ4n) is 4.73. The number of amides is 1. The second-order valence-corrected chi connectivity index (χ2v) is 7.22. The van der Waals surface area contributed by atoms with E-state index < -0.39 is 0 Å². The van der Waals surface area contributed by atoms with Crippen molar-refractivity contribution in [2.75, 3.05) is 6.54 Å². The molecule has 2 bridgehead atoms. The fraction of sp³-hybridized carbons (Fsp3) is 0.938. The summed E-state index contributed by atoms with van der Waals surface area (Å²) in [5.41, 5.74) is 6.11. The number of nitrogens with two attached hydrogens (primary N) is 1. The van der Waals surface area contributed by atoms with Crippen molar-refractivity contribution < 1.29 is 4.79 Å². The van der Waals surface area contributed by atoms with Gasteiger partial charge in [0.05, 0.1) is 6.54 Å². The quantitative estimate of drug-likeness (QED) is 0.837. The van der Waals surface area contributed by atoms with Gasteiger partial charge in [0, 0.05) is 30.2 Å². The zero-order chi connectivity index (χ0) is 14.3.